The fraction of sp³-hybridized carbons (Fsp3) is 0.360. The first-order valence-corrected chi connectivity index (χ1v) is 11.1. The van der Waals surface area contributed by atoms with Gasteiger partial charge in [-0.2, -0.15) is 0 Å². The minimum atomic E-state index is -0.351. The number of amides is 4. The highest BCUT2D eigenvalue weighted by Crippen LogP contribution is 2.38. The molecular weight excluding hydrogens is 406 g/mol. The predicted molar refractivity (Wildman–Crippen MR) is 121 cm³/mol. The van der Waals surface area contributed by atoms with Crippen LogP contribution in [0.1, 0.15) is 48.0 Å². The predicted octanol–water partition coefficient (Wildman–Crippen LogP) is 3.75. The van der Waals surface area contributed by atoms with Crippen LogP contribution in [0.5, 0.6) is 0 Å². The summed E-state index contributed by atoms with van der Waals surface area (Å²) in [4.78, 5) is 51.8. The molecule has 1 aliphatic carbocycles. The van der Waals surface area contributed by atoms with Crippen LogP contribution in [0.3, 0.4) is 0 Å². The van der Waals surface area contributed by atoms with Gasteiger partial charge in [-0.3, -0.25) is 24.1 Å². The Morgan fingerprint density at radius 2 is 1.62 bits per heavy atom. The van der Waals surface area contributed by atoms with Gasteiger partial charge >= 0.3 is 0 Å². The Hall–Kier alpha value is -3.48. The summed E-state index contributed by atoms with van der Waals surface area (Å²) < 4.78 is 0. The molecule has 32 heavy (non-hydrogen) atoms. The average molecular weight is 434 g/mol. The van der Waals surface area contributed by atoms with Crippen LogP contribution in [-0.4, -0.2) is 35.1 Å². The molecule has 2 atom stereocenters. The number of carbonyl (C=O) groups is 4. The molecule has 1 heterocycles. The number of imide groups is 1. The van der Waals surface area contributed by atoms with E-state index < -0.39 is 0 Å². The number of benzene rings is 2. The molecule has 1 saturated carbocycles. The Kier molecular flexibility index (Phi) is 6.35. The molecule has 2 aromatic rings. The summed E-state index contributed by atoms with van der Waals surface area (Å²) in [7, 11) is 0. The van der Waals surface area contributed by atoms with Gasteiger partial charge in [0.2, 0.25) is 17.7 Å². The molecule has 2 fully saturated rings. The number of carbonyl (C=O) groups excluding carboxylic acids is 4. The molecule has 166 valence electrons. The Labute approximate surface area is 187 Å². The maximum atomic E-state index is 12.8. The SMILES string of the molecule is Cc1cccc(NC(=O)c2ccccc2NC(=O)CCN2C(=O)[C@@H]3CCCC[C@H]3C2=O)c1. The van der Waals surface area contributed by atoms with Crippen molar-refractivity contribution in [2.24, 2.45) is 11.8 Å². The van der Waals surface area contributed by atoms with E-state index in [2.05, 4.69) is 10.6 Å². The van der Waals surface area contributed by atoms with Crippen molar-refractivity contribution in [2.45, 2.75) is 39.0 Å². The summed E-state index contributed by atoms with van der Waals surface area (Å²) in [5, 5.41) is 5.60. The Morgan fingerprint density at radius 1 is 0.938 bits per heavy atom. The van der Waals surface area contributed by atoms with E-state index in [0.29, 0.717) is 16.9 Å². The maximum Gasteiger partial charge on any atom is 0.257 e. The monoisotopic (exact) mass is 433 g/mol. The number of nitrogens with zero attached hydrogens (tertiary/aromatic N) is 1. The lowest BCUT2D eigenvalue weighted by Crippen LogP contribution is -2.34. The molecule has 1 aliphatic heterocycles. The summed E-state index contributed by atoms with van der Waals surface area (Å²) in [6, 6.07) is 14.2. The second-order valence-electron chi connectivity index (χ2n) is 8.49. The van der Waals surface area contributed by atoms with E-state index in [4.69, 9.17) is 0 Å². The first-order valence-electron chi connectivity index (χ1n) is 11.1. The molecule has 1 saturated heterocycles. The molecule has 0 bridgehead atoms. The third-order valence-electron chi connectivity index (χ3n) is 6.22. The fourth-order valence-corrected chi connectivity index (χ4v) is 4.59. The quantitative estimate of drug-likeness (QED) is 0.678. The lowest BCUT2D eigenvalue weighted by molar-refractivity contribution is -0.140. The number of para-hydroxylation sites is 1. The van der Waals surface area contributed by atoms with Crippen LogP contribution in [0, 0.1) is 18.8 Å². The Bertz CT molecular complexity index is 1040. The van der Waals surface area contributed by atoms with Crippen molar-refractivity contribution in [1.82, 2.24) is 4.90 Å². The zero-order valence-electron chi connectivity index (χ0n) is 18.1. The molecule has 2 aliphatic rings. The normalized spacial score (nSPS) is 20.1. The third-order valence-corrected chi connectivity index (χ3v) is 6.22. The van der Waals surface area contributed by atoms with Gasteiger partial charge in [-0.1, -0.05) is 37.1 Å². The van der Waals surface area contributed by atoms with E-state index in [9.17, 15) is 19.2 Å². The van der Waals surface area contributed by atoms with Crippen LogP contribution < -0.4 is 10.6 Å². The van der Waals surface area contributed by atoms with Gasteiger partial charge in [-0.05, 0) is 49.6 Å². The minimum Gasteiger partial charge on any atom is -0.325 e. The topological polar surface area (TPSA) is 95.6 Å². The number of likely N-dealkylation sites (tertiary alicyclic amines) is 1. The minimum absolute atomic E-state index is 0.00917. The van der Waals surface area contributed by atoms with Crippen molar-refractivity contribution >= 4 is 35.0 Å². The smallest absolute Gasteiger partial charge is 0.257 e. The van der Waals surface area contributed by atoms with E-state index in [-0.39, 0.29) is 48.4 Å². The van der Waals surface area contributed by atoms with Gasteiger partial charge in [0.15, 0.2) is 0 Å². The van der Waals surface area contributed by atoms with Crippen LogP contribution in [-0.2, 0) is 14.4 Å². The molecule has 0 radical (unpaired) electrons. The maximum absolute atomic E-state index is 12.8. The van der Waals surface area contributed by atoms with Crippen LogP contribution in [0.25, 0.3) is 0 Å². The van der Waals surface area contributed by atoms with Gasteiger partial charge in [-0.25, -0.2) is 0 Å². The highest BCUT2D eigenvalue weighted by molar-refractivity contribution is 6.10. The highest BCUT2D eigenvalue weighted by atomic mass is 16.2. The molecule has 2 N–H and O–H groups in total. The first-order chi connectivity index (χ1) is 15.4. The Balaban J connectivity index is 1.38. The lowest BCUT2D eigenvalue weighted by Gasteiger charge is -2.19. The average Bonchev–Trinajstić information content (AvgIpc) is 3.02. The number of aryl methyl sites for hydroxylation is 1. The zero-order chi connectivity index (χ0) is 22.7. The molecule has 4 amide bonds. The van der Waals surface area contributed by atoms with Gasteiger partial charge in [-0.15, -0.1) is 0 Å². The van der Waals surface area contributed by atoms with Crippen LogP contribution in [0.4, 0.5) is 11.4 Å². The number of hydrogen-bond donors (Lipinski definition) is 2. The molecule has 2 aromatic carbocycles. The van der Waals surface area contributed by atoms with Gasteiger partial charge in [0.05, 0.1) is 23.1 Å². The largest absolute Gasteiger partial charge is 0.325 e. The second kappa shape index (κ2) is 9.34. The standard InChI is InChI=1S/C25H27N3O4/c1-16-7-6-8-17(15-16)26-23(30)20-11-4-5-12-21(20)27-22(29)13-14-28-24(31)18-9-2-3-10-19(18)25(28)32/h4-8,11-12,15,18-19H,2-3,9-10,13-14H2,1H3,(H,26,30)(H,27,29)/t18-,19-/m1/s1. The van der Waals surface area contributed by atoms with Crippen molar-refractivity contribution in [3.63, 3.8) is 0 Å². The summed E-state index contributed by atoms with van der Waals surface area (Å²) in [6.45, 7) is 2.00. The number of hydrogen-bond acceptors (Lipinski definition) is 4. The molecule has 7 heteroatoms. The lowest BCUT2D eigenvalue weighted by atomic mass is 9.81. The van der Waals surface area contributed by atoms with Crippen molar-refractivity contribution in [1.29, 1.82) is 0 Å². The van der Waals surface area contributed by atoms with Gasteiger partial charge in [0, 0.05) is 18.7 Å². The van der Waals surface area contributed by atoms with E-state index in [0.717, 1.165) is 31.2 Å². The van der Waals surface area contributed by atoms with Crippen molar-refractivity contribution < 1.29 is 19.2 Å². The number of fused-ring (bicyclic) bond motifs is 1. The molecular formula is C25H27N3O4. The molecule has 0 spiro atoms. The molecule has 0 unspecified atom stereocenters. The van der Waals surface area contributed by atoms with Gasteiger partial charge < -0.3 is 10.6 Å². The van der Waals surface area contributed by atoms with E-state index in [1.807, 2.05) is 25.1 Å². The fourth-order valence-electron chi connectivity index (χ4n) is 4.59. The van der Waals surface area contributed by atoms with Crippen molar-refractivity contribution in [3.8, 4) is 0 Å². The molecule has 7 nitrogen and oxygen atoms in total. The van der Waals surface area contributed by atoms with Gasteiger partial charge in [0.25, 0.3) is 5.91 Å². The zero-order valence-corrected chi connectivity index (χ0v) is 18.1. The van der Waals surface area contributed by atoms with Crippen LogP contribution >= 0.6 is 0 Å². The van der Waals surface area contributed by atoms with E-state index in [1.54, 1.807) is 30.3 Å². The molecule has 0 aromatic heterocycles. The number of rotatable bonds is 6. The first kappa shape index (κ1) is 21.7. The Morgan fingerprint density at radius 3 is 2.31 bits per heavy atom. The third kappa shape index (κ3) is 4.56. The molecule has 4 rings (SSSR count). The second-order valence-corrected chi connectivity index (χ2v) is 8.49. The summed E-state index contributed by atoms with van der Waals surface area (Å²) in [5.41, 5.74) is 2.41. The van der Waals surface area contributed by atoms with E-state index >= 15 is 0 Å². The van der Waals surface area contributed by atoms with Gasteiger partial charge in [0.1, 0.15) is 0 Å². The highest BCUT2D eigenvalue weighted by Gasteiger charge is 2.47. The number of nitrogens with one attached hydrogen (secondary N) is 2. The summed E-state index contributed by atoms with van der Waals surface area (Å²) in [5.74, 6) is -1.41. The number of anilines is 2. The van der Waals surface area contributed by atoms with E-state index in [1.165, 1.54) is 4.90 Å². The van der Waals surface area contributed by atoms with Crippen LogP contribution in [0.15, 0.2) is 48.5 Å². The summed E-state index contributed by atoms with van der Waals surface area (Å²) in [6.07, 6.45) is 3.43. The van der Waals surface area contributed by atoms with Crippen LogP contribution in [0.2, 0.25) is 0 Å². The van der Waals surface area contributed by atoms with Crippen molar-refractivity contribution in [3.05, 3.63) is 59.7 Å². The van der Waals surface area contributed by atoms with Crippen molar-refractivity contribution in [2.75, 3.05) is 17.2 Å². The summed E-state index contributed by atoms with van der Waals surface area (Å²) >= 11 is 0.